The van der Waals surface area contributed by atoms with Crippen molar-refractivity contribution < 1.29 is 33.4 Å². The molecular formula is C62H68N10O7. The smallest absolute Gasteiger partial charge is 0.407 e. The molecule has 0 spiro atoms. The van der Waals surface area contributed by atoms with Crippen LogP contribution in [0.2, 0.25) is 0 Å². The molecule has 2 saturated carbocycles. The minimum absolute atomic E-state index is 0.0258. The van der Waals surface area contributed by atoms with Crippen molar-refractivity contribution in [2.75, 3.05) is 21.3 Å². The molecule has 4 aromatic carbocycles. The summed E-state index contributed by atoms with van der Waals surface area (Å²) in [7, 11) is 4.31. The Morgan fingerprint density at radius 2 is 1.13 bits per heavy atom. The number of nitrogens with one attached hydrogen (secondary N) is 4. The molecule has 4 N–H and O–H groups in total. The fraction of sp³-hybridized carbons (Fsp3) is 0.484. The number of ether oxygens (including phenoxy) is 3. The number of alkyl carbamates (subject to hydrolysis) is 2. The van der Waals surface area contributed by atoms with Crippen molar-refractivity contribution in [2.24, 2.45) is 11.8 Å². The van der Waals surface area contributed by atoms with Gasteiger partial charge in [0.05, 0.1) is 67.6 Å². The average molecular weight is 1070 g/mol. The summed E-state index contributed by atoms with van der Waals surface area (Å²) in [6.45, 7) is 0. The Balaban J connectivity index is 0.830. The summed E-state index contributed by atoms with van der Waals surface area (Å²) < 4.78 is 15.9. The number of hydrogen-bond donors (Lipinski definition) is 4. The molecule has 79 heavy (non-hydrogen) atoms. The quantitative estimate of drug-likeness (QED) is 0.0850. The van der Waals surface area contributed by atoms with Gasteiger partial charge in [-0.1, -0.05) is 49.9 Å². The summed E-state index contributed by atoms with van der Waals surface area (Å²) in [5.41, 5.74) is 14.3. The predicted octanol–water partition coefficient (Wildman–Crippen LogP) is 10.5. The third-order valence-corrected chi connectivity index (χ3v) is 18.5. The molecular weight excluding hydrogens is 997 g/mol. The normalized spacial score (nSPS) is 23.5. The first-order chi connectivity index (χ1) is 38.5. The highest BCUT2D eigenvalue weighted by molar-refractivity contribution is 5.89. The van der Waals surface area contributed by atoms with E-state index in [1.54, 1.807) is 7.11 Å². The van der Waals surface area contributed by atoms with Crippen LogP contribution in [0.25, 0.3) is 44.3 Å². The maximum atomic E-state index is 14.5. The molecule has 1 unspecified atom stereocenters. The summed E-state index contributed by atoms with van der Waals surface area (Å²) in [4.78, 5) is 75.5. The monoisotopic (exact) mass is 1060 g/mol. The van der Waals surface area contributed by atoms with Gasteiger partial charge in [0, 0.05) is 24.9 Å². The lowest BCUT2D eigenvalue weighted by Crippen LogP contribution is -2.51. The highest BCUT2D eigenvalue weighted by Crippen LogP contribution is 2.50. The standard InChI is InChI=1S/C62H68N10O7/c1-77-56-33-42-25-40-24-41-28-43(35-18-20-46-50(29-35)67-57(65-46)54-31-37-10-4-6-14-52(37)71(54)59(73)48(12-8-22-63)69-61(75)78-2)34(26-45(40)41)16-17-39(56)27-44(42)36-19-21-47-51(30-36)68-58(66-47)55-32-38-11-5-7-15-53(38)72(55)60(74)49(13-9-23-64)70-62(76)79-3/h18-21,26-30,33,37-38,40,48-49,52-55H,4-17,24-25,31-32H2,1-3H3,(H,65,67)(H,66,68)(H,69,75)(H,70,76)/t37-,38-,40?,48-,49-,52-,53-,54-,55-/m0/s1. The van der Waals surface area contributed by atoms with E-state index in [4.69, 9.17) is 24.2 Å². The van der Waals surface area contributed by atoms with Gasteiger partial charge in [0.2, 0.25) is 11.8 Å². The highest BCUT2D eigenvalue weighted by Gasteiger charge is 2.49. The zero-order valence-corrected chi connectivity index (χ0v) is 45.2. The van der Waals surface area contributed by atoms with Crippen molar-refractivity contribution in [3.8, 4) is 40.1 Å². The molecule has 7 aliphatic rings. The van der Waals surface area contributed by atoms with Gasteiger partial charge in [-0.3, -0.25) is 9.59 Å². The van der Waals surface area contributed by atoms with E-state index in [0.717, 1.165) is 152 Å². The number of methoxy groups -OCH3 is 3. The van der Waals surface area contributed by atoms with Crippen molar-refractivity contribution in [2.45, 2.75) is 158 Å². The van der Waals surface area contributed by atoms with E-state index in [1.165, 1.54) is 42.0 Å². The number of likely N-dealkylation sites (tertiary alicyclic amines) is 2. The van der Waals surface area contributed by atoms with E-state index in [9.17, 15) is 29.7 Å². The van der Waals surface area contributed by atoms with Gasteiger partial charge >= 0.3 is 12.2 Å². The molecule has 5 aliphatic carbocycles. The number of nitriles is 2. The fourth-order valence-corrected chi connectivity index (χ4v) is 14.6. The second kappa shape index (κ2) is 21.7. The number of aromatic nitrogens is 4. The van der Waals surface area contributed by atoms with Crippen molar-refractivity contribution in [1.82, 2.24) is 40.4 Å². The molecule has 0 radical (unpaired) electrons. The third-order valence-electron chi connectivity index (χ3n) is 18.5. The van der Waals surface area contributed by atoms with Crippen LogP contribution < -0.4 is 15.4 Å². The Labute approximate surface area is 459 Å². The molecule has 4 amide bonds. The second-order valence-electron chi connectivity index (χ2n) is 22.8. The number of H-pyrrole nitrogens is 2. The van der Waals surface area contributed by atoms with Crippen LogP contribution in [0.15, 0.2) is 60.7 Å². The van der Waals surface area contributed by atoms with Crippen LogP contribution in [0, 0.1) is 34.5 Å². The van der Waals surface area contributed by atoms with Gasteiger partial charge in [-0.2, -0.15) is 10.5 Å². The number of carbonyl (C=O) groups is 4. The molecule has 4 fully saturated rings. The van der Waals surface area contributed by atoms with Crippen LogP contribution in [0.5, 0.6) is 5.75 Å². The second-order valence-corrected chi connectivity index (χ2v) is 22.8. The molecule has 2 aliphatic heterocycles. The molecule has 4 bridgehead atoms. The van der Waals surface area contributed by atoms with Gasteiger partial charge in [0.1, 0.15) is 29.5 Å². The van der Waals surface area contributed by atoms with Crippen LogP contribution in [0.3, 0.4) is 0 Å². The lowest BCUT2D eigenvalue weighted by Gasteiger charge is -2.35. The number of carbonyl (C=O) groups excluding carboxylic acids is 4. The van der Waals surface area contributed by atoms with E-state index in [-0.39, 0.29) is 61.7 Å². The first kappa shape index (κ1) is 51.8. The lowest BCUT2D eigenvalue weighted by molar-refractivity contribution is -0.138. The first-order valence-electron chi connectivity index (χ1n) is 28.5. The lowest BCUT2D eigenvalue weighted by atomic mass is 9.72. The molecule has 6 aromatic rings. The van der Waals surface area contributed by atoms with Crippen LogP contribution in [-0.4, -0.2) is 99.2 Å². The van der Waals surface area contributed by atoms with E-state index in [1.807, 2.05) is 9.80 Å². The topological polar surface area (TPSA) is 231 Å². The number of imidazole rings is 2. The summed E-state index contributed by atoms with van der Waals surface area (Å²) in [6.07, 6.45) is 12.3. The molecule has 408 valence electrons. The number of aromatic amines is 2. The number of rotatable bonds is 13. The minimum Gasteiger partial charge on any atom is -0.496 e. The van der Waals surface area contributed by atoms with E-state index < -0.39 is 24.3 Å². The summed E-state index contributed by atoms with van der Waals surface area (Å²) in [6, 6.07) is 24.2. The van der Waals surface area contributed by atoms with Crippen molar-refractivity contribution >= 4 is 46.1 Å². The molecule has 13 rings (SSSR count). The van der Waals surface area contributed by atoms with Crippen LogP contribution in [0.4, 0.5) is 9.59 Å². The number of benzene rings is 4. The van der Waals surface area contributed by atoms with Crippen LogP contribution in [0.1, 0.15) is 147 Å². The third kappa shape index (κ3) is 9.69. The van der Waals surface area contributed by atoms with Gasteiger partial charge in [-0.25, -0.2) is 19.6 Å². The Kier molecular flexibility index (Phi) is 14.2. The molecule has 4 heterocycles. The molecule has 2 aromatic heterocycles. The summed E-state index contributed by atoms with van der Waals surface area (Å²) >= 11 is 0. The fourth-order valence-electron chi connectivity index (χ4n) is 14.6. The van der Waals surface area contributed by atoms with E-state index in [0.29, 0.717) is 17.8 Å². The Hall–Kier alpha value is -7.92. The Bertz CT molecular complexity index is 3460. The van der Waals surface area contributed by atoms with Crippen LogP contribution in [-0.2, 0) is 44.7 Å². The van der Waals surface area contributed by atoms with Crippen molar-refractivity contribution in [3.05, 3.63) is 100 Å². The number of amides is 4. The van der Waals surface area contributed by atoms with Gasteiger partial charge < -0.3 is 44.6 Å². The Morgan fingerprint density at radius 1 is 0.633 bits per heavy atom. The largest absolute Gasteiger partial charge is 0.496 e. The van der Waals surface area contributed by atoms with Gasteiger partial charge in [-0.05, 0) is 181 Å². The van der Waals surface area contributed by atoms with Crippen LogP contribution >= 0.6 is 0 Å². The van der Waals surface area contributed by atoms with Crippen molar-refractivity contribution in [3.63, 3.8) is 0 Å². The number of aryl methyl sites for hydroxylation is 2. The minimum atomic E-state index is -0.882. The van der Waals surface area contributed by atoms with Gasteiger partial charge in [0.25, 0.3) is 0 Å². The Morgan fingerprint density at radius 3 is 1.65 bits per heavy atom. The SMILES string of the molecule is COC(=O)N[C@@H](CCC#N)C(=O)N1[C@H](c2nc3cc(-c4cc5c6cc4CCc4cc(-c7ccc8[nH]c([C@@H]9C[C@@H]%10CCCC[C@@H]%10N9C(=O)[C@H](CCC#N)NC(=O)OC)nc8c7)c(cc4OC)CC6C5)ccc3[nH]2)C[C@@H]2CCCC[C@@H]21. The van der Waals surface area contributed by atoms with Gasteiger partial charge in [0.15, 0.2) is 0 Å². The van der Waals surface area contributed by atoms with Gasteiger partial charge in [-0.15, -0.1) is 0 Å². The van der Waals surface area contributed by atoms with E-state index >= 15 is 0 Å². The molecule has 2 saturated heterocycles. The summed E-state index contributed by atoms with van der Waals surface area (Å²) in [5.74, 6) is 2.92. The molecule has 9 atom stereocenters. The molecule has 17 nitrogen and oxygen atoms in total. The maximum absolute atomic E-state index is 14.5. The summed E-state index contributed by atoms with van der Waals surface area (Å²) in [5, 5.41) is 24.3. The number of nitrogens with zero attached hydrogens (tertiary/aromatic N) is 6. The number of hydrogen-bond acceptors (Lipinski definition) is 11. The van der Waals surface area contributed by atoms with E-state index in [2.05, 4.69) is 93.4 Å². The first-order valence-corrected chi connectivity index (χ1v) is 28.5. The molecule has 17 heteroatoms. The zero-order valence-electron chi connectivity index (χ0n) is 45.2. The van der Waals surface area contributed by atoms with Crippen molar-refractivity contribution in [1.29, 1.82) is 10.5 Å². The maximum Gasteiger partial charge on any atom is 0.407 e. The number of fused-ring (bicyclic) bond motifs is 7. The predicted molar refractivity (Wildman–Crippen MR) is 295 cm³/mol. The zero-order chi connectivity index (χ0) is 54.5. The average Bonchev–Trinajstić information content (AvgIpc) is 4.49. The highest BCUT2D eigenvalue weighted by atomic mass is 16.5.